The predicted octanol–water partition coefficient (Wildman–Crippen LogP) is 19.9. The summed E-state index contributed by atoms with van der Waals surface area (Å²) in [5.74, 6) is 6.85. The molecule has 0 amide bonds. The van der Waals surface area contributed by atoms with Crippen LogP contribution in [0.3, 0.4) is 0 Å². The van der Waals surface area contributed by atoms with Crippen molar-refractivity contribution in [1.29, 1.82) is 0 Å². The van der Waals surface area contributed by atoms with Gasteiger partial charge in [0.1, 0.15) is 24.4 Å². The summed E-state index contributed by atoms with van der Waals surface area (Å²) < 4.78 is 53.4. The summed E-state index contributed by atoms with van der Waals surface area (Å²) in [5, 5.41) is 75.9. The van der Waals surface area contributed by atoms with Crippen LogP contribution in [0.25, 0.3) is 84.5 Å². The molecular weight excluding hydrogens is 1650 g/mol. The second kappa shape index (κ2) is 32.5. The van der Waals surface area contributed by atoms with Gasteiger partial charge in [0.25, 0.3) is 0 Å². The number of fused-ring (bicyclic) bond motifs is 8. The lowest BCUT2D eigenvalue weighted by Crippen LogP contribution is -2.59. The minimum Gasteiger partial charge on any atom is -0.457 e. The molecule has 0 aliphatic heterocycles. The number of benzene rings is 6. The number of anilines is 16. The number of thiazole rings is 1. The van der Waals surface area contributed by atoms with Crippen LogP contribution in [0.15, 0.2) is 210 Å². The third-order valence-corrected chi connectivity index (χ3v) is 23.6. The Bertz CT molecular complexity index is 7370. The summed E-state index contributed by atoms with van der Waals surface area (Å²) in [6.07, 6.45) is 5.67. The molecule has 0 radical (unpaired) electrons. The Morgan fingerprint density at radius 1 is 0.451 bits per heavy atom. The lowest BCUT2D eigenvalue weighted by molar-refractivity contribution is -0.958. The van der Waals surface area contributed by atoms with Crippen molar-refractivity contribution in [3.8, 4) is 11.5 Å². The number of aromatic amines is 4. The van der Waals surface area contributed by atoms with Crippen molar-refractivity contribution in [2.24, 2.45) is 14.1 Å². The molecule has 32 nitrogen and oxygen atoms in total. The monoisotopic (exact) mass is 1720 g/mol. The Morgan fingerprint density at radius 3 is 1.28 bits per heavy atom. The van der Waals surface area contributed by atoms with Crippen LogP contribution in [0.4, 0.5) is 106 Å². The van der Waals surface area contributed by atoms with Gasteiger partial charge in [-0.1, -0.05) is 49.7 Å². The van der Waals surface area contributed by atoms with Gasteiger partial charge in [-0.2, -0.15) is 55.7 Å². The fourth-order valence-electron chi connectivity index (χ4n) is 13.1. The van der Waals surface area contributed by atoms with Crippen molar-refractivity contribution >= 4 is 234 Å². The molecule has 15 heterocycles. The molecule has 1 aliphatic rings. The van der Waals surface area contributed by atoms with E-state index in [1.54, 1.807) is 63.9 Å². The van der Waals surface area contributed by atoms with E-state index in [1.807, 2.05) is 210 Å². The maximum absolute atomic E-state index is 13.6. The lowest BCUT2D eigenvalue weighted by Gasteiger charge is -2.13. The van der Waals surface area contributed by atoms with E-state index >= 15 is 0 Å². The summed E-state index contributed by atoms with van der Waals surface area (Å²) in [5.41, 5.74) is 12.7. The molecule has 0 saturated heterocycles. The van der Waals surface area contributed by atoms with Crippen molar-refractivity contribution < 1.29 is 27.4 Å². The number of hydrogen-bond acceptors (Lipinski definition) is 29. The number of halogens is 3. The summed E-state index contributed by atoms with van der Waals surface area (Å²) in [6, 6.07) is 50.8. The number of nitrogens with zero attached hydrogens (tertiary/aromatic N) is 19. The van der Waals surface area contributed by atoms with E-state index < -0.39 is 6.30 Å². The number of tetrazole rings is 1. The molecule has 0 unspecified atom stereocenters. The minimum atomic E-state index is -4.61. The first-order chi connectivity index (χ1) is 59.3. The quantitative estimate of drug-likeness (QED) is 0.0335. The molecule has 0 atom stereocenters. The van der Waals surface area contributed by atoms with E-state index in [0.29, 0.717) is 42.0 Å². The van der Waals surface area contributed by atoms with Crippen LogP contribution in [-0.2, 0) is 25.8 Å². The zero-order valence-electron chi connectivity index (χ0n) is 65.3. The molecule has 40 heteroatoms. The average molecular weight is 1720 g/mol. The molecule has 15 aromatic heterocycles. The summed E-state index contributed by atoms with van der Waals surface area (Å²) in [7, 11) is 3.21. The van der Waals surface area contributed by atoms with Gasteiger partial charge in [-0.3, -0.25) is 30.4 Å². The first-order valence-electron chi connectivity index (χ1n) is 38.0. The Kier molecular flexibility index (Phi) is 20.6. The van der Waals surface area contributed by atoms with Gasteiger partial charge in [-0.15, -0.1) is 69.9 Å². The Labute approximate surface area is 708 Å². The van der Waals surface area contributed by atoms with E-state index in [4.69, 9.17) is 14.7 Å². The van der Waals surface area contributed by atoms with Crippen molar-refractivity contribution in [2.45, 2.75) is 58.3 Å². The summed E-state index contributed by atoms with van der Waals surface area (Å²) >= 11 is 7.87. The van der Waals surface area contributed by atoms with E-state index in [9.17, 15) is 13.2 Å². The highest BCUT2D eigenvalue weighted by Crippen LogP contribution is 2.39. The molecule has 21 aromatic rings. The zero-order chi connectivity index (χ0) is 83.2. The minimum absolute atomic E-state index is 0.0143. The van der Waals surface area contributed by atoms with E-state index in [1.165, 1.54) is 18.4 Å². The van der Waals surface area contributed by atoms with Gasteiger partial charge in [-0.25, -0.2) is 19.9 Å². The van der Waals surface area contributed by atoms with Crippen LogP contribution >= 0.6 is 56.7 Å². The SMILES string of the molecule is C[n+]1c(Nc2nc(Nc3ccc4[nH]ncc4c3)c3sccc3n2)n[n+](C2CC2)n1C(F)(F)F.Cc1cnc(Nc2nc(Nc3ccc4[nH]ncc4c3)c3sccc3n2)s1.Cn1nc(C(C)(C)C)cc1Nc1nc(Nc2ccc3[nH]ncc3c2)c2sccc2n1.c1ccc(Oc2cccc(Nc3nc(Nc4ccc5[nH]ncc5c4)c4sccc4n3)c2)cc1. The normalized spacial score (nSPS) is 12.2. The van der Waals surface area contributed by atoms with Crippen LogP contribution in [0.5, 0.6) is 11.5 Å². The predicted molar refractivity (Wildman–Crippen MR) is 475 cm³/mol. The first-order valence-corrected chi connectivity index (χ1v) is 42.3. The Morgan fingerprint density at radius 2 is 0.869 bits per heavy atom. The number of para-hydroxylation sites is 1. The van der Waals surface area contributed by atoms with Crippen LogP contribution in [0, 0.1) is 6.92 Å². The topological polar surface area (TPSA) is 380 Å². The van der Waals surface area contributed by atoms with Crippen molar-refractivity contribution in [1.82, 2.24) is 105 Å². The van der Waals surface area contributed by atoms with Gasteiger partial charge in [0, 0.05) is 90.4 Å². The standard InChI is InChI=1S/C25H18N6OS.C21H22N8S.C19H15F3N10S.C17H13N7S2/c1-2-6-19(7-3-1)32-20-8-4-5-17(14-20)28-25-29-22-11-12-33-23(22)24(30-25)27-18-9-10-21-16(13-18)15-26-31-21;1-21(2,3)16-10-17(29(4)28-16)25-20-24-15-7-8-30-18(15)19(26-20)23-13-5-6-14-12(9-13)11-22-27-14;1-30-18(29-31(12-3-4-12)32(30)19(20,21)22)27-17-25-14-6-7-33-15(14)16(26-17)24-11-2-5-13-10(8-11)9-23-28-13;1-9-7-18-17(26-9)23-16-21-13-4-5-25-14(13)15(22-16)20-11-2-3-12-10(6-11)8-19-24-12/h1-15H,(H,26,31)(H2,27,28,29,30);5-11H,1-4H3,(H,22,27)(H2,23,24,25,26);2,5-9,12H,3-4H2,1H3,(H,25,26,27,29);2-8H,1H3,(H,19,24)(H2,18,20,21,22,23)/p+2. The molecule has 608 valence electrons. The zero-order valence-corrected chi connectivity index (χ0v) is 69.4. The van der Waals surface area contributed by atoms with Gasteiger partial charge < -0.3 is 36.6 Å². The number of nitrogens with one attached hydrogen (secondary N) is 12. The van der Waals surface area contributed by atoms with Crippen molar-refractivity contribution in [3.05, 3.63) is 221 Å². The number of hydrogen-bond donors (Lipinski definition) is 12. The van der Waals surface area contributed by atoms with Crippen LogP contribution in [0.1, 0.15) is 50.2 Å². The fourth-order valence-corrected chi connectivity index (χ4v) is 16.8. The van der Waals surface area contributed by atoms with Gasteiger partial charge in [0.15, 0.2) is 34.4 Å². The highest BCUT2D eigenvalue weighted by atomic mass is 32.1. The van der Waals surface area contributed by atoms with Gasteiger partial charge >= 0.3 is 18.2 Å². The van der Waals surface area contributed by atoms with Crippen LogP contribution in [0.2, 0.25) is 0 Å². The Hall–Kier alpha value is -14.7. The number of alkyl halides is 3. The average Bonchev–Trinajstić information content (AvgIpc) is 1.60. The number of aromatic nitrogens is 23. The maximum Gasteiger partial charge on any atom is 0.558 e. The van der Waals surface area contributed by atoms with Crippen LogP contribution < -0.4 is 56.7 Å². The highest BCUT2D eigenvalue weighted by Gasteiger charge is 2.52. The molecule has 6 aromatic carbocycles. The number of rotatable bonds is 19. The largest absolute Gasteiger partial charge is 0.558 e. The second-order valence-corrected chi connectivity index (χ2v) is 34.0. The highest BCUT2D eigenvalue weighted by molar-refractivity contribution is 7.19. The third kappa shape index (κ3) is 17.0. The lowest BCUT2D eigenvalue weighted by atomic mass is 9.92. The molecule has 1 fully saturated rings. The maximum atomic E-state index is 13.6. The van der Waals surface area contributed by atoms with Crippen molar-refractivity contribution in [2.75, 3.05) is 42.5 Å². The van der Waals surface area contributed by atoms with E-state index in [-0.39, 0.29) is 28.2 Å². The van der Waals surface area contributed by atoms with Gasteiger partial charge in [-0.05, 0) is 163 Å². The van der Waals surface area contributed by atoms with Crippen LogP contribution in [-0.4, -0.2) is 105 Å². The number of thiophene rings is 4. The third-order valence-electron chi connectivity index (χ3n) is 19.1. The molecule has 12 N–H and O–H groups in total. The number of H-pyrrole nitrogens is 4. The molecule has 122 heavy (non-hydrogen) atoms. The molecular formula is C82H70F3N31OS5+2. The van der Waals surface area contributed by atoms with Crippen molar-refractivity contribution in [3.63, 3.8) is 0 Å². The second-order valence-electron chi connectivity index (χ2n) is 29.1. The van der Waals surface area contributed by atoms with E-state index in [2.05, 4.69) is 149 Å². The smallest absolute Gasteiger partial charge is 0.457 e. The van der Waals surface area contributed by atoms with E-state index in [0.717, 1.165) is 167 Å². The molecule has 22 rings (SSSR count). The van der Waals surface area contributed by atoms with Gasteiger partial charge in [0.05, 0.1) is 98.2 Å². The first kappa shape index (κ1) is 77.2. The number of ether oxygens (including phenoxy) is 1. The fraction of sp³-hybridized carbons (Fsp3) is 0.134. The molecule has 1 aliphatic carbocycles. The molecule has 0 bridgehead atoms. The van der Waals surface area contributed by atoms with Gasteiger partial charge in [0.2, 0.25) is 22.9 Å². The summed E-state index contributed by atoms with van der Waals surface area (Å²) in [4.78, 5) is 43.7. The molecule has 1 saturated carbocycles. The Balaban J connectivity index is 0.000000108. The summed E-state index contributed by atoms with van der Waals surface area (Å²) in [6.45, 7) is 8.45. The molecule has 0 spiro atoms. The number of aryl methyl sites for hydroxylation is 2.